The van der Waals surface area contributed by atoms with Gasteiger partial charge >= 0.3 is 11.7 Å². The SMILES string of the molecule is CC(C)C[C@H](N)C(=O)OC[C@H]1O[C@@H](n2cc(F)c(=O)[nH]c2=O)[C@H](O)[C@@H]1O.Cc1ccc(S(=O)(=O)O)cc1. The van der Waals surface area contributed by atoms with Crippen molar-refractivity contribution in [1.29, 1.82) is 0 Å². The minimum absolute atomic E-state index is 0.0666. The number of ether oxygens (including phenoxy) is 2. The summed E-state index contributed by atoms with van der Waals surface area (Å²) in [6, 6.07) is 5.15. The molecule has 0 aliphatic carbocycles. The molecule has 206 valence electrons. The highest BCUT2D eigenvalue weighted by Gasteiger charge is 2.45. The molecule has 0 unspecified atom stereocenters. The molecule has 1 aliphatic heterocycles. The second-order valence-electron chi connectivity index (χ2n) is 8.84. The fourth-order valence-electron chi connectivity index (χ4n) is 3.33. The van der Waals surface area contributed by atoms with Crippen LogP contribution in [0, 0.1) is 18.7 Å². The molecule has 2 aromatic rings. The quantitative estimate of drug-likeness (QED) is 0.219. The highest BCUT2D eigenvalue weighted by atomic mass is 32.2. The van der Waals surface area contributed by atoms with Gasteiger partial charge in [0.15, 0.2) is 6.23 Å². The Balaban J connectivity index is 0.000000364. The van der Waals surface area contributed by atoms with Gasteiger partial charge in [0.1, 0.15) is 31.0 Å². The highest BCUT2D eigenvalue weighted by molar-refractivity contribution is 7.85. The highest BCUT2D eigenvalue weighted by Crippen LogP contribution is 2.28. The number of nitrogens with zero attached hydrogens (tertiary/aromatic N) is 1. The third kappa shape index (κ3) is 8.28. The molecule has 37 heavy (non-hydrogen) atoms. The summed E-state index contributed by atoms with van der Waals surface area (Å²) in [6.07, 6.45) is -4.76. The van der Waals surface area contributed by atoms with Crippen molar-refractivity contribution in [2.24, 2.45) is 11.7 Å². The van der Waals surface area contributed by atoms with E-state index in [1.54, 1.807) is 17.1 Å². The zero-order valence-corrected chi connectivity index (χ0v) is 21.1. The summed E-state index contributed by atoms with van der Waals surface area (Å²) in [7, 11) is -4.02. The predicted molar refractivity (Wildman–Crippen MR) is 127 cm³/mol. The molecule has 0 bridgehead atoms. The molecule has 0 spiro atoms. The van der Waals surface area contributed by atoms with E-state index in [4.69, 9.17) is 19.8 Å². The van der Waals surface area contributed by atoms with Crippen molar-refractivity contribution in [1.82, 2.24) is 9.55 Å². The Morgan fingerprint density at radius 3 is 2.35 bits per heavy atom. The standard InChI is InChI=1S/C15H22FN3O7.C7H8O3S/c1-6(2)3-8(17)14(23)25-5-9-10(20)11(21)13(26-9)19-4-7(16)12(22)18-15(19)24;1-6-2-4-7(5-3-6)11(8,9)10/h4,6,8-11,13,20-21H,3,5,17H2,1-2H3,(H,18,22,24);2-5H,1H3,(H,8,9,10)/t8-,9+,10+,11+,13+;/m0./s1. The molecule has 15 heteroatoms. The molecule has 1 saturated heterocycles. The predicted octanol–water partition coefficient (Wildman–Crippen LogP) is -0.547. The summed E-state index contributed by atoms with van der Waals surface area (Å²) in [5.41, 5.74) is 4.40. The van der Waals surface area contributed by atoms with Crippen LogP contribution >= 0.6 is 0 Å². The fourth-order valence-corrected chi connectivity index (χ4v) is 3.81. The molecule has 3 rings (SSSR count). The average molecular weight is 548 g/mol. The summed E-state index contributed by atoms with van der Waals surface area (Å²) in [4.78, 5) is 36.3. The van der Waals surface area contributed by atoms with E-state index in [1.165, 1.54) is 12.1 Å². The minimum atomic E-state index is -4.02. The monoisotopic (exact) mass is 547 g/mol. The topological polar surface area (TPSA) is 211 Å². The van der Waals surface area contributed by atoms with E-state index in [-0.39, 0.29) is 10.8 Å². The van der Waals surface area contributed by atoms with Gasteiger partial charge in [-0.1, -0.05) is 31.5 Å². The number of rotatable bonds is 7. The lowest BCUT2D eigenvalue weighted by Crippen LogP contribution is -2.39. The van der Waals surface area contributed by atoms with Gasteiger partial charge in [-0.15, -0.1) is 0 Å². The van der Waals surface area contributed by atoms with Gasteiger partial charge in [0.25, 0.3) is 15.7 Å². The van der Waals surface area contributed by atoms with Crippen LogP contribution in [0.15, 0.2) is 44.9 Å². The Morgan fingerprint density at radius 1 is 1.22 bits per heavy atom. The summed E-state index contributed by atoms with van der Waals surface area (Å²) >= 11 is 0. The number of hydrogen-bond donors (Lipinski definition) is 5. The number of H-pyrrole nitrogens is 1. The number of aliphatic hydroxyl groups is 2. The molecular formula is C22H30FN3O10S. The first kappa shape index (κ1) is 30.3. The minimum Gasteiger partial charge on any atom is -0.462 e. The van der Waals surface area contributed by atoms with Crippen molar-refractivity contribution in [2.45, 2.75) is 62.7 Å². The van der Waals surface area contributed by atoms with Gasteiger partial charge in [-0.2, -0.15) is 12.8 Å². The Morgan fingerprint density at radius 2 is 1.81 bits per heavy atom. The van der Waals surface area contributed by atoms with Crippen LogP contribution in [0.2, 0.25) is 0 Å². The van der Waals surface area contributed by atoms with Gasteiger partial charge in [-0.25, -0.2) is 4.79 Å². The molecule has 0 amide bonds. The van der Waals surface area contributed by atoms with E-state index < -0.39 is 70.3 Å². The second-order valence-corrected chi connectivity index (χ2v) is 10.3. The van der Waals surface area contributed by atoms with E-state index in [0.29, 0.717) is 17.2 Å². The molecule has 0 radical (unpaired) electrons. The Hall–Kier alpha value is -2.95. The molecule has 0 saturated carbocycles. The first-order valence-corrected chi connectivity index (χ1v) is 12.5. The van der Waals surface area contributed by atoms with E-state index in [0.717, 1.165) is 5.56 Å². The maximum atomic E-state index is 13.4. The molecular weight excluding hydrogens is 517 g/mol. The second kappa shape index (κ2) is 12.5. The van der Waals surface area contributed by atoms with Crippen molar-refractivity contribution in [2.75, 3.05) is 6.61 Å². The maximum absolute atomic E-state index is 13.4. The van der Waals surface area contributed by atoms with E-state index in [1.807, 2.05) is 20.8 Å². The lowest BCUT2D eigenvalue weighted by atomic mass is 10.1. The molecule has 1 aliphatic rings. The van der Waals surface area contributed by atoms with E-state index >= 15 is 0 Å². The lowest BCUT2D eigenvalue weighted by molar-refractivity contribution is -0.152. The number of halogens is 1. The lowest BCUT2D eigenvalue weighted by Gasteiger charge is -2.18. The van der Waals surface area contributed by atoms with Gasteiger partial charge in [0, 0.05) is 0 Å². The van der Waals surface area contributed by atoms with Crippen molar-refractivity contribution in [3.05, 3.63) is 62.7 Å². The first-order valence-electron chi connectivity index (χ1n) is 11.1. The Kier molecular flexibility index (Phi) is 10.3. The Bertz CT molecular complexity index is 1290. The Labute approximate surface area is 211 Å². The van der Waals surface area contributed by atoms with Gasteiger partial charge in [-0.05, 0) is 31.4 Å². The molecule has 5 atom stereocenters. The van der Waals surface area contributed by atoms with Crippen LogP contribution in [0.5, 0.6) is 0 Å². The van der Waals surface area contributed by atoms with Crippen LogP contribution in [-0.4, -0.2) is 69.7 Å². The van der Waals surface area contributed by atoms with Crippen LogP contribution in [-0.2, 0) is 24.4 Å². The number of benzene rings is 1. The number of hydrogen-bond acceptors (Lipinski definition) is 10. The van der Waals surface area contributed by atoms with Gasteiger partial charge in [0.2, 0.25) is 5.82 Å². The number of carbonyl (C=O) groups is 1. The normalized spacial score (nSPS) is 22.3. The van der Waals surface area contributed by atoms with Gasteiger partial charge < -0.3 is 25.4 Å². The average Bonchev–Trinajstić information content (AvgIpc) is 3.08. The summed E-state index contributed by atoms with van der Waals surface area (Å²) in [5, 5.41) is 20.1. The molecule has 1 aromatic heterocycles. The maximum Gasteiger partial charge on any atom is 0.330 e. The molecule has 6 N–H and O–H groups in total. The smallest absolute Gasteiger partial charge is 0.330 e. The number of aliphatic hydroxyl groups excluding tert-OH is 2. The number of aromatic amines is 1. The number of esters is 1. The van der Waals surface area contributed by atoms with Crippen LogP contribution in [0.4, 0.5) is 4.39 Å². The van der Waals surface area contributed by atoms with Crippen molar-refractivity contribution < 1.29 is 41.8 Å². The summed E-state index contributed by atoms with van der Waals surface area (Å²) in [5.74, 6) is -1.77. The zero-order valence-electron chi connectivity index (χ0n) is 20.3. The molecule has 1 aromatic carbocycles. The van der Waals surface area contributed by atoms with Crippen LogP contribution in [0.1, 0.15) is 32.1 Å². The van der Waals surface area contributed by atoms with Crippen molar-refractivity contribution >= 4 is 16.1 Å². The third-order valence-electron chi connectivity index (χ3n) is 5.27. The summed E-state index contributed by atoms with van der Waals surface area (Å²) in [6.45, 7) is 5.20. The number of carbonyl (C=O) groups excluding carboxylic acids is 1. The number of aryl methyl sites for hydroxylation is 1. The van der Waals surface area contributed by atoms with E-state index in [2.05, 4.69) is 0 Å². The third-order valence-corrected chi connectivity index (χ3v) is 6.14. The summed E-state index contributed by atoms with van der Waals surface area (Å²) < 4.78 is 53.9. The fraction of sp³-hybridized carbons (Fsp3) is 0.500. The van der Waals surface area contributed by atoms with Crippen LogP contribution in [0.25, 0.3) is 0 Å². The zero-order chi connectivity index (χ0) is 28.1. The van der Waals surface area contributed by atoms with Gasteiger partial charge in [0.05, 0.1) is 11.1 Å². The van der Waals surface area contributed by atoms with E-state index in [9.17, 15) is 37.4 Å². The number of aromatic nitrogens is 2. The largest absolute Gasteiger partial charge is 0.462 e. The van der Waals surface area contributed by atoms with Crippen molar-refractivity contribution in [3.63, 3.8) is 0 Å². The van der Waals surface area contributed by atoms with Crippen molar-refractivity contribution in [3.8, 4) is 0 Å². The molecule has 13 nitrogen and oxygen atoms in total. The molecule has 2 heterocycles. The number of nitrogens with one attached hydrogen (secondary N) is 1. The first-order chi connectivity index (χ1) is 17.1. The van der Waals surface area contributed by atoms with Crippen LogP contribution in [0.3, 0.4) is 0 Å². The number of nitrogens with two attached hydrogens (primary N) is 1. The van der Waals surface area contributed by atoms with Crippen LogP contribution < -0.4 is 17.0 Å². The van der Waals surface area contributed by atoms with Gasteiger partial charge in [-0.3, -0.25) is 23.7 Å². The molecule has 1 fully saturated rings.